The predicted octanol–water partition coefficient (Wildman–Crippen LogP) is 3.58. The summed E-state index contributed by atoms with van der Waals surface area (Å²) in [6.45, 7) is 0. The summed E-state index contributed by atoms with van der Waals surface area (Å²) in [4.78, 5) is 7.54. The minimum absolute atomic E-state index is 0.0322. The Balaban J connectivity index is 2.41. The van der Waals surface area contributed by atoms with E-state index in [0.29, 0.717) is 4.47 Å². The van der Waals surface area contributed by atoms with Crippen LogP contribution in [0.25, 0.3) is 0 Å². The van der Waals surface area contributed by atoms with Crippen molar-refractivity contribution in [2.24, 2.45) is 0 Å². The molecule has 0 amide bonds. The van der Waals surface area contributed by atoms with Crippen LogP contribution in [0.1, 0.15) is 5.56 Å². The lowest BCUT2D eigenvalue weighted by molar-refractivity contribution is -0.136. The molecule has 100 valence electrons. The van der Waals surface area contributed by atoms with Gasteiger partial charge >= 0.3 is 6.18 Å². The molecule has 0 aliphatic carbocycles. The van der Waals surface area contributed by atoms with Crippen LogP contribution in [0.4, 0.5) is 30.6 Å². The molecule has 0 spiro atoms. The summed E-state index contributed by atoms with van der Waals surface area (Å²) in [7, 11) is 0. The SMILES string of the molecule is Nc1ncc(Br)c(Nc2ccccc2C(F)(F)F)n1. The number of halogens is 4. The molecular formula is C11H8BrF3N4. The normalized spacial score (nSPS) is 11.4. The van der Waals surface area contributed by atoms with E-state index in [1.807, 2.05) is 0 Å². The number of nitrogens with two attached hydrogens (primary N) is 1. The van der Waals surface area contributed by atoms with Crippen LogP contribution in [-0.2, 0) is 6.18 Å². The Labute approximate surface area is 115 Å². The van der Waals surface area contributed by atoms with Crippen molar-refractivity contribution in [1.29, 1.82) is 0 Å². The number of rotatable bonds is 2. The lowest BCUT2D eigenvalue weighted by Crippen LogP contribution is -2.09. The average Bonchev–Trinajstić information content (AvgIpc) is 2.33. The maximum absolute atomic E-state index is 12.8. The van der Waals surface area contributed by atoms with Crippen LogP contribution in [0, 0.1) is 0 Å². The van der Waals surface area contributed by atoms with E-state index in [1.54, 1.807) is 0 Å². The summed E-state index contributed by atoms with van der Waals surface area (Å²) in [6, 6.07) is 5.11. The Morgan fingerprint density at radius 3 is 2.58 bits per heavy atom. The first kappa shape index (κ1) is 13.6. The number of anilines is 3. The van der Waals surface area contributed by atoms with Gasteiger partial charge in [-0.3, -0.25) is 0 Å². The van der Waals surface area contributed by atoms with Crippen LogP contribution >= 0.6 is 15.9 Å². The van der Waals surface area contributed by atoms with Gasteiger partial charge in [-0.2, -0.15) is 18.2 Å². The van der Waals surface area contributed by atoms with Crippen molar-refractivity contribution in [3.63, 3.8) is 0 Å². The highest BCUT2D eigenvalue weighted by Crippen LogP contribution is 2.36. The fourth-order valence-electron chi connectivity index (χ4n) is 1.44. The second-order valence-corrected chi connectivity index (χ2v) is 4.45. The van der Waals surface area contributed by atoms with Crippen molar-refractivity contribution in [3.8, 4) is 0 Å². The Hall–Kier alpha value is -1.83. The first-order valence-corrected chi connectivity index (χ1v) is 5.88. The number of para-hydroxylation sites is 1. The lowest BCUT2D eigenvalue weighted by Gasteiger charge is -2.14. The first-order chi connectivity index (χ1) is 8.88. The van der Waals surface area contributed by atoms with E-state index in [9.17, 15) is 13.2 Å². The molecule has 1 aromatic carbocycles. The quantitative estimate of drug-likeness (QED) is 0.882. The summed E-state index contributed by atoms with van der Waals surface area (Å²) in [5.74, 6) is 0.138. The van der Waals surface area contributed by atoms with Crippen molar-refractivity contribution in [1.82, 2.24) is 9.97 Å². The van der Waals surface area contributed by atoms with Gasteiger partial charge in [0, 0.05) is 6.20 Å². The molecule has 0 saturated heterocycles. The number of nitrogen functional groups attached to an aromatic ring is 1. The van der Waals surface area contributed by atoms with E-state index < -0.39 is 11.7 Å². The summed E-state index contributed by atoms with van der Waals surface area (Å²) >= 11 is 3.14. The highest BCUT2D eigenvalue weighted by atomic mass is 79.9. The van der Waals surface area contributed by atoms with Crippen molar-refractivity contribution in [2.45, 2.75) is 6.18 Å². The Morgan fingerprint density at radius 2 is 1.89 bits per heavy atom. The van der Waals surface area contributed by atoms with Crippen LogP contribution in [0.15, 0.2) is 34.9 Å². The molecule has 1 aromatic heterocycles. The van der Waals surface area contributed by atoms with Crippen LogP contribution in [0.3, 0.4) is 0 Å². The van der Waals surface area contributed by atoms with E-state index in [-0.39, 0.29) is 17.5 Å². The molecule has 0 aliphatic rings. The van der Waals surface area contributed by atoms with Gasteiger partial charge < -0.3 is 11.1 Å². The fraction of sp³-hybridized carbons (Fsp3) is 0.0909. The van der Waals surface area contributed by atoms with Crippen molar-refractivity contribution in [2.75, 3.05) is 11.1 Å². The number of alkyl halides is 3. The Morgan fingerprint density at radius 1 is 1.21 bits per heavy atom. The van der Waals surface area contributed by atoms with Crippen LogP contribution in [0.5, 0.6) is 0 Å². The molecule has 1 heterocycles. The van der Waals surface area contributed by atoms with Crippen molar-refractivity contribution >= 4 is 33.4 Å². The molecule has 4 nitrogen and oxygen atoms in total. The van der Waals surface area contributed by atoms with Crippen LogP contribution in [-0.4, -0.2) is 9.97 Å². The van der Waals surface area contributed by atoms with Crippen molar-refractivity contribution < 1.29 is 13.2 Å². The molecule has 3 N–H and O–H groups in total. The number of hydrogen-bond donors (Lipinski definition) is 2. The van der Waals surface area contributed by atoms with E-state index in [1.165, 1.54) is 24.4 Å². The molecule has 0 unspecified atom stereocenters. The van der Waals surface area contributed by atoms with Gasteiger partial charge in [0.15, 0.2) is 0 Å². The van der Waals surface area contributed by atoms with Gasteiger partial charge in [0.05, 0.1) is 15.7 Å². The standard InChI is InChI=1S/C11H8BrF3N4/c12-7-5-17-10(16)19-9(7)18-8-4-2-1-3-6(8)11(13,14)15/h1-5H,(H3,16,17,18,19). The summed E-state index contributed by atoms with van der Waals surface area (Å²) in [5.41, 5.74) is 4.52. The molecule has 2 aromatic rings. The zero-order valence-electron chi connectivity index (χ0n) is 9.37. The zero-order valence-corrected chi connectivity index (χ0v) is 11.0. The third kappa shape index (κ3) is 3.14. The van der Waals surface area contributed by atoms with Gasteiger partial charge in [-0.1, -0.05) is 12.1 Å². The third-order valence-electron chi connectivity index (χ3n) is 2.25. The molecule has 0 fully saturated rings. The number of nitrogens with zero attached hydrogens (tertiary/aromatic N) is 2. The largest absolute Gasteiger partial charge is 0.418 e. The molecular weight excluding hydrogens is 325 g/mol. The Kier molecular flexibility index (Phi) is 3.61. The maximum atomic E-state index is 12.8. The predicted molar refractivity (Wildman–Crippen MR) is 68.9 cm³/mol. The molecule has 8 heteroatoms. The molecule has 19 heavy (non-hydrogen) atoms. The summed E-state index contributed by atoms with van der Waals surface area (Å²) < 4.78 is 38.9. The Bertz CT molecular complexity index is 601. The molecule has 0 saturated carbocycles. The summed E-state index contributed by atoms with van der Waals surface area (Å²) in [6.07, 6.45) is -3.09. The number of benzene rings is 1. The maximum Gasteiger partial charge on any atom is 0.418 e. The fourth-order valence-corrected chi connectivity index (χ4v) is 1.73. The highest BCUT2D eigenvalue weighted by Gasteiger charge is 2.33. The number of hydrogen-bond acceptors (Lipinski definition) is 4. The summed E-state index contributed by atoms with van der Waals surface area (Å²) in [5, 5.41) is 2.59. The van der Waals surface area contributed by atoms with Gasteiger partial charge in [-0.25, -0.2) is 4.98 Å². The molecule has 0 radical (unpaired) electrons. The molecule has 0 bridgehead atoms. The van der Waals surface area contributed by atoms with Crippen LogP contribution in [0.2, 0.25) is 0 Å². The van der Waals surface area contributed by atoms with Crippen LogP contribution < -0.4 is 11.1 Å². The van der Waals surface area contributed by atoms with Gasteiger partial charge in [0.1, 0.15) is 5.82 Å². The lowest BCUT2D eigenvalue weighted by atomic mass is 10.1. The number of aromatic nitrogens is 2. The molecule has 0 aliphatic heterocycles. The van der Waals surface area contributed by atoms with E-state index in [2.05, 4.69) is 31.2 Å². The van der Waals surface area contributed by atoms with Gasteiger partial charge in [0.25, 0.3) is 0 Å². The minimum Gasteiger partial charge on any atom is -0.368 e. The second kappa shape index (κ2) is 5.04. The number of nitrogens with one attached hydrogen (secondary N) is 1. The zero-order chi connectivity index (χ0) is 14.0. The van der Waals surface area contributed by atoms with E-state index >= 15 is 0 Å². The molecule has 0 atom stereocenters. The monoisotopic (exact) mass is 332 g/mol. The van der Waals surface area contributed by atoms with Gasteiger partial charge in [-0.05, 0) is 28.1 Å². The first-order valence-electron chi connectivity index (χ1n) is 5.09. The molecule has 2 rings (SSSR count). The van der Waals surface area contributed by atoms with Crippen molar-refractivity contribution in [3.05, 3.63) is 40.5 Å². The highest BCUT2D eigenvalue weighted by molar-refractivity contribution is 9.10. The minimum atomic E-state index is -4.45. The average molecular weight is 333 g/mol. The third-order valence-corrected chi connectivity index (χ3v) is 2.83. The smallest absolute Gasteiger partial charge is 0.368 e. The van der Waals surface area contributed by atoms with E-state index in [0.717, 1.165) is 6.07 Å². The van der Waals surface area contributed by atoms with Gasteiger partial charge in [-0.15, -0.1) is 0 Å². The van der Waals surface area contributed by atoms with E-state index in [4.69, 9.17) is 5.73 Å². The topological polar surface area (TPSA) is 63.8 Å². The second-order valence-electron chi connectivity index (χ2n) is 3.59. The van der Waals surface area contributed by atoms with Gasteiger partial charge in [0.2, 0.25) is 5.95 Å².